The fourth-order valence-electron chi connectivity index (χ4n) is 4.73. The average Bonchev–Trinajstić information content (AvgIpc) is 3.33. The molecule has 0 bridgehead atoms. The van der Waals surface area contributed by atoms with E-state index in [-0.39, 0.29) is 5.75 Å². The molecule has 4 aromatic rings. The number of fused-ring (bicyclic) bond motifs is 2. The molecule has 0 radical (unpaired) electrons. The molecule has 0 amide bonds. The molecule has 0 N–H and O–H groups in total. The third-order valence-corrected chi connectivity index (χ3v) is 6.52. The van der Waals surface area contributed by atoms with Crippen molar-refractivity contribution < 1.29 is 36.5 Å². The number of methoxy groups -OCH3 is 3. The SMILES string of the molecule is COc1cc2c(cc1OC)CN(Cc1ccc(OC)c3oc(-c4ccc(OC(F)(F)F)cc4)cc13)CC2. The zero-order valence-corrected chi connectivity index (χ0v) is 20.6. The van der Waals surface area contributed by atoms with E-state index in [1.54, 1.807) is 21.3 Å². The first-order valence-corrected chi connectivity index (χ1v) is 11.7. The monoisotopic (exact) mass is 513 g/mol. The Morgan fingerprint density at radius 2 is 1.51 bits per heavy atom. The van der Waals surface area contributed by atoms with Crippen LogP contribution in [0.4, 0.5) is 13.2 Å². The van der Waals surface area contributed by atoms with Crippen molar-refractivity contribution in [1.82, 2.24) is 4.90 Å². The summed E-state index contributed by atoms with van der Waals surface area (Å²) in [7, 11) is 4.84. The first kappa shape index (κ1) is 24.8. The van der Waals surface area contributed by atoms with Crippen LogP contribution < -0.4 is 18.9 Å². The van der Waals surface area contributed by atoms with Gasteiger partial charge < -0.3 is 23.4 Å². The summed E-state index contributed by atoms with van der Waals surface area (Å²) in [6, 6.07) is 15.5. The molecule has 0 saturated carbocycles. The van der Waals surface area contributed by atoms with Crippen molar-refractivity contribution in [3.8, 4) is 34.3 Å². The van der Waals surface area contributed by atoms with Gasteiger partial charge in [0.15, 0.2) is 22.8 Å². The van der Waals surface area contributed by atoms with Gasteiger partial charge in [-0.1, -0.05) is 6.07 Å². The lowest BCUT2D eigenvalue weighted by atomic mass is 9.98. The summed E-state index contributed by atoms with van der Waals surface area (Å²) >= 11 is 0. The molecule has 9 heteroatoms. The fourth-order valence-corrected chi connectivity index (χ4v) is 4.73. The number of nitrogens with zero attached hydrogens (tertiary/aromatic N) is 1. The highest BCUT2D eigenvalue weighted by Crippen LogP contribution is 2.38. The second kappa shape index (κ2) is 9.89. The van der Waals surface area contributed by atoms with E-state index in [0.29, 0.717) is 35.0 Å². The third-order valence-electron chi connectivity index (χ3n) is 6.52. The summed E-state index contributed by atoms with van der Waals surface area (Å²) in [4.78, 5) is 2.35. The number of benzene rings is 3. The van der Waals surface area contributed by atoms with Crippen LogP contribution >= 0.6 is 0 Å². The Bertz CT molecular complexity index is 1410. The number of hydrogen-bond donors (Lipinski definition) is 0. The van der Waals surface area contributed by atoms with Crippen LogP contribution in [0.25, 0.3) is 22.3 Å². The Hall–Kier alpha value is -3.85. The summed E-state index contributed by atoms with van der Waals surface area (Å²) in [5.74, 6) is 2.27. The number of hydrogen-bond acceptors (Lipinski definition) is 6. The van der Waals surface area contributed by atoms with Crippen LogP contribution in [0.1, 0.15) is 16.7 Å². The molecule has 1 aliphatic heterocycles. The second-order valence-corrected chi connectivity index (χ2v) is 8.79. The zero-order chi connectivity index (χ0) is 26.2. The van der Waals surface area contributed by atoms with Gasteiger partial charge in [0, 0.05) is 30.6 Å². The molecule has 0 saturated heterocycles. The van der Waals surface area contributed by atoms with Crippen molar-refractivity contribution in [2.45, 2.75) is 25.9 Å². The minimum absolute atomic E-state index is 0.287. The van der Waals surface area contributed by atoms with Crippen molar-refractivity contribution >= 4 is 11.0 Å². The number of rotatable bonds is 7. The summed E-state index contributed by atoms with van der Waals surface area (Å²) in [6.07, 6.45) is -3.85. The van der Waals surface area contributed by atoms with E-state index >= 15 is 0 Å². The predicted octanol–water partition coefficient (Wildman–Crippen LogP) is 6.58. The maximum atomic E-state index is 12.5. The summed E-state index contributed by atoms with van der Waals surface area (Å²) in [5, 5.41) is 0.892. The van der Waals surface area contributed by atoms with Gasteiger partial charge in [-0.2, -0.15) is 0 Å². The molecule has 0 fully saturated rings. The molecular formula is C28H26F3NO5. The van der Waals surface area contributed by atoms with Gasteiger partial charge in [-0.05, 0) is 71.6 Å². The minimum Gasteiger partial charge on any atom is -0.493 e. The Morgan fingerprint density at radius 3 is 2.16 bits per heavy atom. The summed E-state index contributed by atoms with van der Waals surface area (Å²) in [6.45, 7) is 2.32. The predicted molar refractivity (Wildman–Crippen MR) is 132 cm³/mol. The highest BCUT2D eigenvalue weighted by Gasteiger charge is 2.31. The van der Waals surface area contributed by atoms with Crippen LogP contribution in [-0.2, 0) is 19.5 Å². The Morgan fingerprint density at radius 1 is 0.838 bits per heavy atom. The molecule has 2 heterocycles. The van der Waals surface area contributed by atoms with Crippen LogP contribution in [0.2, 0.25) is 0 Å². The molecule has 0 aliphatic carbocycles. The normalized spacial score (nSPS) is 13.9. The number of alkyl halides is 3. The average molecular weight is 514 g/mol. The topological polar surface area (TPSA) is 53.3 Å². The largest absolute Gasteiger partial charge is 0.573 e. The van der Waals surface area contributed by atoms with E-state index in [1.165, 1.54) is 35.4 Å². The lowest BCUT2D eigenvalue weighted by molar-refractivity contribution is -0.274. The third kappa shape index (κ3) is 5.17. The van der Waals surface area contributed by atoms with Crippen molar-refractivity contribution in [1.29, 1.82) is 0 Å². The Labute approximate surface area is 212 Å². The van der Waals surface area contributed by atoms with E-state index in [4.69, 9.17) is 18.6 Å². The molecule has 0 unspecified atom stereocenters. The van der Waals surface area contributed by atoms with Gasteiger partial charge in [0.1, 0.15) is 11.5 Å². The molecule has 37 heavy (non-hydrogen) atoms. The lowest BCUT2D eigenvalue weighted by Crippen LogP contribution is -2.30. The maximum absolute atomic E-state index is 12.5. The lowest BCUT2D eigenvalue weighted by Gasteiger charge is -2.29. The van der Waals surface area contributed by atoms with E-state index in [2.05, 4.69) is 9.64 Å². The molecular weight excluding hydrogens is 487 g/mol. The van der Waals surface area contributed by atoms with Crippen LogP contribution in [0.3, 0.4) is 0 Å². The van der Waals surface area contributed by atoms with Crippen molar-refractivity contribution in [3.05, 3.63) is 71.3 Å². The van der Waals surface area contributed by atoms with Crippen LogP contribution in [0.15, 0.2) is 59.0 Å². The van der Waals surface area contributed by atoms with E-state index < -0.39 is 6.36 Å². The summed E-state index contributed by atoms with van der Waals surface area (Å²) < 4.78 is 64.1. The van der Waals surface area contributed by atoms with Gasteiger partial charge in [0.2, 0.25) is 0 Å². The molecule has 0 spiro atoms. The molecule has 5 rings (SSSR count). The number of halogens is 3. The zero-order valence-electron chi connectivity index (χ0n) is 20.6. The first-order chi connectivity index (χ1) is 17.8. The second-order valence-electron chi connectivity index (χ2n) is 8.79. The molecule has 1 aliphatic rings. The van der Waals surface area contributed by atoms with Crippen LogP contribution in [0.5, 0.6) is 23.0 Å². The maximum Gasteiger partial charge on any atom is 0.573 e. The van der Waals surface area contributed by atoms with Crippen LogP contribution in [0, 0.1) is 0 Å². The van der Waals surface area contributed by atoms with E-state index in [1.807, 2.05) is 30.3 Å². The fraction of sp³-hybridized carbons (Fsp3) is 0.286. The highest BCUT2D eigenvalue weighted by molar-refractivity contribution is 5.90. The Balaban J connectivity index is 1.42. The molecule has 6 nitrogen and oxygen atoms in total. The molecule has 0 atom stereocenters. The van der Waals surface area contributed by atoms with E-state index in [0.717, 1.165) is 36.2 Å². The molecule has 1 aromatic heterocycles. The van der Waals surface area contributed by atoms with Crippen molar-refractivity contribution in [2.75, 3.05) is 27.9 Å². The number of furan rings is 1. The van der Waals surface area contributed by atoms with E-state index in [9.17, 15) is 13.2 Å². The van der Waals surface area contributed by atoms with Gasteiger partial charge in [-0.3, -0.25) is 4.90 Å². The first-order valence-electron chi connectivity index (χ1n) is 11.7. The quantitative estimate of drug-likeness (QED) is 0.278. The molecule has 3 aromatic carbocycles. The van der Waals surface area contributed by atoms with Gasteiger partial charge >= 0.3 is 6.36 Å². The smallest absolute Gasteiger partial charge is 0.493 e. The van der Waals surface area contributed by atoms with Crippen molar-refractivity contribution in [2.24, 2.45) is 0 Å². The van der Waals surface area contributed by atoms with Crippen molar-refractivity contribution in [3.63, 3.8) is 0 Å². The number of ether oxygens (including phenoxy) is 4. The highest BCUT2D eigenvalue weighted by atomic mass is 19.4. The van der Waals surface area contributed by atoms with Gasteiger partial charge in [-0.15, -0.1) is 13.2 Å². The van der Waals surface area contributed by atoms with Gasteiger partial charge in [0.05, 0.1) is 21.3 Å². The van der Waals surface area contributed by atoms with Gasteiger partial charge in [0.25, 0.3) is 0 Å². The molecule has 194 valence electrons. The standard InChI is InChI=1S/C28H26F3NO5/c1-33-23-9-6-19(15-32-11-10-18-12-25(34-2)26(35-3)13-20(18)16-32)22-14-24(36-27(22)23)17-4-7-21(8-5-17)37-28(29,30)31/h4-9,12-14H,10-11,15-16H2,1-3H3. The van der Waals surface area contributed by atoms with Gasteiger partial charge in [-0.25, -0.2) is 0 Å². The Kier molecular flexibility index (Phi) is 6.64. The van der Waals surface area contributed by atoms with Crippen LogP contribution in [-0.4, -0.2) is 39.1 Å². The summed E-state index contributed by atoms with van der Waals surface area (Å²) in [5.41, 5.74) is 4.73. The minimum atomic E-state index is -4.74.